The van der Waals surface area contributed by atoms with Crippen molar-refractivity contribution in [1.82, 2.24) is 0 Å². The number of ether oxygens (including phenoxy) is 2. The van der Waals surface area contributed by atoms with E-state index in [0.717, 1.165) is 24.9 Å². The summed E-state index contributed by atoms with van der Waals surface area (Å²) in [5, 5.41) is 3.25. The zero-order valence-corrected chi connectivity index (χ0v) is 10.5. The average Bonchev–Trinajstić information content (AvgIpc) is 2.59. The van der Waals surface area contributed by atoms with Crippen LogP contribution in [0.2, 0.25) is 0 Å². The van der Waals surface area contributed by atoms with E-state index < -0.39 is 6.29 Å². The highest BCUT2D eigenvalue weighted by Crippen LogP contribution is 2.42. The molecule has 0 spiro atoms. The van der Waals surface area contributed by atoms with Crippen molar-refractivity contribution >= 4 is 5.69 Å². The number of unbranched alkanes of at least 4 members (excludes halogenated alkanes) is 1. The van der Waals surface area contributed by atoms with Crippen LogP contribution < -0.4 is 14.8 Å². The second-order valence-electron chi connectivity index (χ2n) is 4.52. The van der Waals surface area contributed by atoms with E-state index in [1.54, 1.807) is 12.1 Å². The molecule has 0 saturated carbocycles. The molecule has 1 unspecified atom stereocenters. The third-order valence-electron chi connectivity index (χ3n) is 2.81. The summed E-state index contributed by atoms with van der Waals surface area (Å²) in [5.74, 6) is 0.152. The minimum atomic E-state index is -3.55. The number of rotatable bonds is 5. The normalized spacial score (nSPS) is 17.6. The second-order valence-corrected chi connectivity index (χ2v) is 4.52. The molecule has 1 N–H and O–H groups in total. The van der Waals surface area contributed by atoms with Crippen LogP contribution in [-0.2, 0) is 0 Å². The fraction of sp³-hybridized carbons (Fsp3) is 0.538. The van der Waals surface area contributed by atoms with Gasteiger partial charge in [0, 0.05) is 17.8 Å². The van der Waals surface area contributed by atoms with Crippen LogP contribution in [-0.4, -0.2) is 12.3 Å². The first-order chi connectivity index (χ1) is 8.50. The Labute approximate surface area is 105 Å². The van der Waals surface area contributed by atoms with E-state index in [1.807, 2.05) is 0 Å². The fourth-order valence-electron chi connectivity index (χ4n) is 1.91. The van der Waals surface area contributed by atoms with Gasteiger partial charge in [-0.1, -0.05) is 19.8 Å². The summed E-state index contributed by atoms with van der Waals surface area (Å²) in [6, 6.07) is 5.04. The number of halogens is 2. The van der Waals surface area contributed by atoms with Gasteiger partial charge in [0.15, 0.2) is 11.5 Å². The van der Waals surface area contributed by atoms with E-state index >= 15 is 0 Å². The van der Waals surface area contributed by atoms with Crippen LogP contribution in [0.15, 0.2) is 18.2 Å². The maximum atomic E-state index is 12.8. The average molecular weight is 257 g/mol. The Morgan fingerprint density at radius 3 is 2.72 bits per heavy atom. The summed E-state index contributed by atoms with van der Waals surface area (Å²) < 4.78 is 34.4. The van der Waals surface area contributed by atoms with E-state index in [1.165, 1.54) is 6.07 Å². The maximum Gasteiger partial charge on any atom is 0.586 e. The van der Waals surface area contributed by atoms with Crippen molar-refractivity contribution in [3.05, 3.63) is 18.2 Å². The lowest BCUT2D eigenvalue weighted by molar-refractivity contribution is -0.286. The van der Waals surface area contributed by atoms with Gasteiger partial charge in [0.25, 0.3) is 0 Å². The maximum absolute atomic E-state index is 12.8. The first kappa shape index (κ1) is 12.9. The number of hydrogen-bond donors (Lipinski definition) is 1. The zero-order valence-electron chi connectivity index (χ0n) is 10.5. The minimum absolute atomic E-state index is 0.0757. The van der Waals surface area contributed by atoms with Crippen molar-refractivity contribution in [3.8, 4) is 11.5 Å². The Hall–Kier alpha value is -1.52. The van der Waals surface area contributed by atoms with Crippen molar-refractivity contribution in [2.24, 2.45) is 0 Å². The van der Waals surface area contributed by atoms with Crippen LogP contribution in [0.4, 0.5) is 14.5 Å². The highest BCUT2D eigenvalue weighted by molar-refractivity contribution is 5.56. The number of hydrogen-bond acceptors (Lipinski definition) is 3. The predicted octanol–water partition coefficient (Wildman–Crippen LogP) is 4.00. The van der Waals surface area contributed by atoms with Crippen LogP contribution in [0.1, 0.15) is 33.1 Å². The number of benzene rings is 1. The summed E-state index contributed by atoms with van der Waals surface area (Å²) >= 11 is 0. The number of alkyl halides is 2. The smallest absolute Gasteiger partial charge is 0.395 e. The molecule has 100 valence electrons. The highest BCUT2D eigenvalue weighted by Gasteiger charge is 2.43. The Balaban J connectivity index is 2.00. The lowest BCUT2D eigenvalue weighted by Gasteiger charge is -2.14. The van der Waals surface area contributed by atoms with Crippen molar-refractivity contribution in [1.29, 1.82) is 0 Å². The van der Waals surface area contributed by atoms with Gasteiger partial charge < -0.3 is 14.8 Å². The molecule has 0 saturated heterocycles. The summed E-state index contributed by atoms with van der Waals surface area (Å²) in [5.41, 5.74) is 0.763. The molecule has 0 aliphatic carbocycles. The number of fused-ring (bicyclic) bond motifs is 1. The van der Waals surface area contributed by atoms with Crippen molar-refractivity contribution in [2.45, 2.75) is 45.4 Å². The molecule has 0 aromatic heterocycles. The minimum Gasteiger partial charge on any atom is -0.395 e. The quantitative estimate of drug-likeness (QED) is 0.864. The lowest BCUT2D eigenvalue weighted by Crippen LogP contribution is -2.25. The van der Waals surface area contributed by atoms with Gasteiger partial charge in [0.2, 0.25) is 0 Å². The fourth-order valence-corrected chi connectivity index (χ4v) is 1.91. The Kier molecular flexibility index (Phi) is 3.59. The monoisotopic (exact) mass is 257 g/mol. The van der Waals surface area contributed by atoms with Crippen LogP contribution in [0, 0.1) is 0 Å². The van der Waals surface area contributed by atoms with Gasteiger partial charge in [-0.15, -0.1) is 8.78 Å². The van der Waals surface area contributed by atoms with Gasteiger partial charge in [-0.2, -0.15) is 0 Å². The predicted molar refractivity (Wildman–Crippen MR) is 65.3 cm³/mol. The van der Waals surface area contributed by atoms with E-state index in [4.69, 9.17) is 0 Å². The molecule has 5 heteroatoms. The molecular weight excluding hydrogens is 240 g/mol. The standard InChI is InChI=1S/C13H17F2NO2/c1-3-4-5-9(2)16-10-6-7-11-12(8-10)18-13(14,15)17-11/h6-9,16H,3-5H2,1-2H3. The molecule has 0 fully saturated rings. The van der Waals surface area contributed by atoms with Crippen molar-refractivity contribution in [2.75, 3.05) is 5.32 Å². The summed E-state index contributed by atoms with van der Waals surface area (Å²) in [6.45, 7) is 4.20. The second kappa shape index (κ2) is 5.00. The first-order valence-corrected chi connectivity index (χ1v) is 6.16. The topological polar surface area (TPSA) is 30.5 Å². The molecule has 1 heterocycles. The summed E-state index contributed by atoms with van der Waals surface area (Å²) in [7, 11) is 0. The van der Waals surface area contributed by atoms with Crippen LogP contribution in [0.5, 0.6) is 11.5 Å². The van der Waals surface area contributed by atoms with Gasteiger partial charge in [-0.05, 0) is 25.5 Å². The van der Waals surface area contributed by atoms with Gasteiger partial charge in [-0.25, -0.2) is 0 Å². The summed E-state index contributed by atoms with van der Waals surface area (Å²) in [4.78, 5) is 0. The van der Waals surface area contributed by atoms with Crippen LogP contribution >= 0.6 is 0 Å². The van der Waals surface area contributed by atoms with Crippen LogP contribution in [0.25, 0.3) is 0 Å². The Morgan fingerprint density at radius 2 is 2.00 bits per heavy atom. The molecule has 0 radical (unpaired) electrons. The Bertz CT molecular complexity index is 423. The SMILES string of the molecule is CCCCC(C)Nc1ccc2c(c1)OC(F)(F)O2. The first-order valence-electron chi connectivity index (χ1n) is 6.16. The van der Waals surface area contributed by atoms with E-state index in [0.29, 0.717) is 6.04 Å². The molecule has 1 aromatic rings. The third-order valence-corrected chi connectivity index (χ3v) is 2.81. The van der Waals surface area contributed by atoms with E-state index in [-0.39, 0.29) is 11.5 Å². The van der Waals surface area contributed by atoms with Crippen molar-refractivity contribution in [3.63, 3.8) is 0 Å². The van der Waals surface area contributed by atoms with Gasteiger partial charge in [0.05, 0.1) is 0 Å². The van der Waals surface area contributed by atoms with Crippen molar-refractivity contribution < 1.29 is 18.3 Å². The molecule has 3 nitrogen and oxygen atoms in total. The highest BCUT2D eigenvalue weighted by atomic mass is 19.3. The molecule has 1 aliphatic heterocycles. The van der Waals surface area contributed by atoms with Gasteiger partial charge >= 0.3 is 6.29 Å². The van der Waals surface area contributed by atoms with E-state index in [2.05, 4.69) is 28.6 Å². The van der Waals surface area contributed by atoms with Gasteiger partial charge in [-0.3, -0.25) is 0 Å². The molecule has 1 aliphatic rings. The molecule has 0 amide bonds. The largest absolute Gasteiger partial charge is 0.586 e. The number of nitrogens with one attached hydrogen (secondary N) is 1. The third kappa shape index (κ3) is 3.03. The van der Waals surface area contributed by atoms with E-state index in [9.17, 15) is 8.78 Å². The molecule has 2 rings (SSSR count). The lowest BCUT2D eigenvalue weighted by atomic mass is 10.1. The molecule has 1 atom stereocenters. The van der Waals surface area contributed by atoms with Gasteiger partial charge in [0.1, 0.15) is 0 Å². The Morgan fingerprint density at radius 1 is 1.28 bits per heavy atom. The molecule has 0 bridgehead atoms. The number of anilines is 1. The molecule has 1 aromatic carbocycles. The van der Waals surface area contributed by atoms with Crippen LogP contribution in [0.3, 0.4) is 0 Å². The molecule has 18 heavy (non-hydrogen) atoms. The summed E-state index contributed by atoms with van der Waals surface area (Å²) in [6.07, 6.45) is -0.230. The molecular formula is C13H17F2NO2. The zero-order chi connectivity index (χ0) is 13.2.